The SMILES string of the molecule is O=C(NCC1CCCC1Cl)c1cc(Cl)sc1Cl. The van der Waals surface area contributed by atoms with Crippen LogP contribution in [0.1, 0.15) is 29.6 Å². The summed E-state index contributed by atoms with van der Waals surface area (Å²) in [6.45, 7) is 0.608. The van der Waals surface area contributed by atoms with Crippen LogP contribution in [-0.2, 0) is 0 Å². The van der Waals surface area contributed by atoms with Crippen molar-refractivity contribution in [1.29, 1.82) is 0 Å². The van der Waals surface area contributed by atoms with Crippen LogP contribution in [0, 0.1) is 5.92 Å². The van der Waals surface area contributed by atoms with Gasteiger partial charge in [-0.15, -0.1) is 22.9 Å². The van der Waals surface area contributed by atoms with Gasteiger partial charge in [-0.05, 0) is 24.8 Å². The van der Waals surface area contributed by atoms with Crippen LogP contribution in [0.5, 0.6) is 0 Å². The first-order valence-electron chi connectivity index (χ1n) is 5.45. The second-order valence-electron chi connectivity index (χ2n) is 4.15. The van der Waals surface area contributed by atoms with Crippen molar-refractivity contribution in [3.05, 3.63) is 20.3 Å². The van der Waals surface area contributed by atoms with E-state index >= 15 is 0 Å². The molecule has 1 aromatic rings. The van der Waals surface area contributed by atoms with Crippen molar-refractivity contribution in [3.63, 3.8) is 0 Å². The summed E-state index contributed by atoms with van der Waals surface area (Å²) in [6.07, 6.45) is 3.25. The molecular formula is C11H12Cl3NOS. The highest BCUT2D eigenvalue weighted by atomic mass is 35.5. The van der Waals surface area contributed by atoms with Crippen LogP contribution < -0.4 is 5.32 Å². The number of carbonyl (C=O) groups excluding carboxylic acids is 1. The van der Waals surface area contributed by atoms with Crippen molar-refractivity contribution >= 4 is 52.0 Å². The fourth-order valence-corrected chi connectivity index (χ4v) is 3.86. The lowest BCUT2D eigenvalue weighted by Crippen LogP contribution is -2.30. The molecule has 0 aromatic carbocycles. The van der Waals surface area contributed by atoms with E-state index in [1.165, 1.54) is 11.3 Å². The van der Waals surface area contributed by atoms with Gasteiger partial charge in [-0.3, -0.25) is 4.79 Å². The first kappa shape index (κ1) is 13.5. The molecule has 2 unspecified atom stereocenters. The number of alkyl halides is 1. The third-order valence-electron chi connectivity index (χ3n) is 2.99. The van der Waals surface area contributed by atoms with Gasteiger partial charge in [0.1, 0.15) is 4.34 Å². The maximum atomic E-state index is 11.9. The summed E-state index contributed by atoms with van der Waals surface area (Å²) < 4.78 is 0.956. The second kappa shape index (κ2) is 5.79. The zero-order valence-corrected chi connectivity index (χ0v) is 12.1. The Labute approximate surface area is 119 Å². The lowest BCUT2D eigenvalue weighted by atomic mass is 10.1. The molecule has 1 amide bonds. The number of carbonyl (C=O) groups is 1. The summed E-state index contributed by atoms with van der Waals surface area (Å²) >= 11 is 19.1. The molecule has 0 spiro atoms. The molecule has 1 aliphatic carbocycles. The van der Waals surface area contributed by atoms with E-state index in [-0.39, 0.29) is 11.3 Å². The number of thiophene rings is 1. The third kappa shape index (κ3) is 3.28. The predicted molar refractivity (Wildman–Crippen MR) is 73.7 cm³/mol. The molecule has 2 atom stereocenters. The minimum atomic E-state index is -0.172. The summed E-state index contributed by atoms with van der Waals surface area (Å²) in [5, 5.41) is 3.04. The molecule has 0 bridgehead atoms. The Morgan fingerprint density at radius 2 is 2.24 bits per heavy atom. The monoisotopic (exact) mass is 311 g/mol. The van der Waals surface area contributed by atoms with E-state index in [2.05, 4.69) is 5.32 Å². The topological polar surface area (TPSA) is 29.1 Å². The molecule has 2 rings (SSSR count). The van der Waals surface area contributed by atoms with Gasteiger partial charge in [0.25, 0.3) is 5.91 Å². The Morgan fingerprint density at radius 1 is 1.47 bits per heavy atom. The van der Waals surface area contributed by atoms with Gasteiger partial charge in [0, 0.05) is 11.9 Å². The number of rotatable bonds is 3. The predicted octanol–water partition coefficient (Wildman–Crippen LogP) is 4.19. The molecule has 6 heteroatoms. The maximum absolute atomic E-state index is 11.9. The van der Waals surface area contributed by atoms with Gasteiger partial charge in [0.15, 0.2) is 0 Å². The number of hydrogen-bond acceptors (Lipinski definition) is 2. The highest BCUT2D eigenvalue weighted by molar-refractivity contribution is 7.20. The van der Waals surface area contributed by atoms with Gasteiger partial charge in [-0.25, -0.2) is 0 Å². The van der Waals surface area contributed by atoms with Gasteiger partial charge in [0.2, 0.25) is 0 Å². The van der Waals surface area contributed by atoms with E-state index in [1.807, 2.05) is 0 Å². The fourth-order valence-electron chi connectivity index (χ4n) is 2.04. The van der Waals surface area contributed by atoms with Crippen LogP contribution in [0.3, 0.4) is 0 Å². The number of amides is 1. The van der Waals surface area contributed by atoms with Crippen molar-refractivity contribution in [3.8, 4) is 0 Å². The average molecular weight is 313 g/mol. The number of hydrogen-bond donors (Lipinski definition) is 1. The molecule has 17 heavy (non-hydrogen) atoms. The molecule has 2 nitrogen and oxygen atoms in total. The van der Waals surface area contributed by atoms with E-state index in [1.54, 1.807) is 6.07 Å². The molecule has 94 valence electrons. The van der Waals surface area contributed by atoms with Crippen LogP contribution >= 0.6 is 46.1 Å². The molecule has 1 aliphatic rings. The lowest BCUT2D eigenvalue weighted by molar-refractivity contribution is 0.0948. The number of nitrogens with one attached hydrogen (secondary N) is 1. The van der Waals surface area contributed by atoms with Crippen LogP contribution in [0.2, 0.25) is 8.67 Å². The van der Waals surface area contributed by atoms with Crippen LogP contribution in [0.4, 0.5) is 0 Å². The van der Waals surface area contributed by atoms with E-state index in [0.29, 0.717) is 26.7 Å². The second-order valence-corrected chi connectivity index (χ2v) is 7.00. The summed E-state index contributed by atoms with van der Waals surface area (Å²) in [5.74, 6) is 0.197. The van der Waals surface area contributed by atoms with Gasteiger partial charge in [0.05, 0.1) is 9.90 Å². The van der Waals surface area contributed by atoms with Gasteiger partial charge >= 0.3 is 0 Å². The standard InChI is InChI=1S/C11H12Cl3NOS/c12-8-3-1-2-6(8)5-15-11(16)7-4-9(13)17-10(7)14/h4,6,8H,1-3,5H2,(H,15,16). The van der Waals surface area contributed by atoms with Crippen molar-refractivity contribution in [2.45, 2.75) is 24.6 Å². The van der Waals surface area contributed by atoms with Crippen LogP contribution in [-0.4, -0.2) is 17.8 Å². The van der Waals surface area contributed by atoms with Crippen molar-refractivity contribution < 1.29 is 4.79 Å². The summed E-state index contributed by atoms with van der Waals surface area (Å²) in [7, 11) is 0. The Morgan fingerprint density at radius 3 is 2.76 bits per heavy atom. The lowest BCUT2D eigenvalue weighted by Gasteiger charge is -2.14. The molecule has 1 heterocycles. The van der Waals surface area contributed by atoms with Gasteiger partial charge in [-0.1, -0.05) is 29.6 Å². The minimum absolute atomic E-state index is 0.172. The highest BCUT2D eigenvalue weighted by Crippen LogP contribution is 2.32. The van der Waals surface area contributed by atoms with E-state index in [0.717, 1.165) is 19.3 Å². The summed E-state index contributed by atoms with van der Waals surface area (Å²) in [6, 6.07) is 1.59. The smallest absolute Gasteiger partial charge is 0.253 e. The normalized spacial score (nSPS) is 23.9. The zero-order chi connectivity index (χ0) is 12.4. The molecule has 0 aliphatic heterocycles. The maximum Gasteiger partial charge on any atom is 0.253 e. The molecule has 0 radical (unpaired) electrons. The van der Waals surface area contributed by atoms with Crippen LogP contribution in [0.25, 0.3) is 0 Å². The largest absolute Gasteiger partial charge is 0.352 e. The van der Waals surface area contributed by atoms with E-state index in [9.17, 15) is 4.79 Å². The van der Waals surface area contributed by atoms with Crippen LogP contribution in [0.15, 0.2) is 6.07 Å². The highest BCUT2D eigenvalue weighted by Gasteiger charge is 2.26. The average Bonchev–Trinajstić information content (AvgIpc) is 2.81. The van der Waals surface area contributed by atoms with Gasteiger partial charge < -0.3 is 5.32 Å². The summed E-state index contributed by atoms with van der Waals surface area (Å²) in [4.78, 5) is 11.9. The Kier molecular flexibility index (Phi) is 4.59. The van der Waals surface area contributed by atoms with E-state index in [4.69, 9.17) is 34.8 Å². The summed E-state index contributed by atoms with van der Waals surface area (Å²) in [5.41, 5.74) is 0.450. The first-order chi connectivity index (χ1) is 8.08. The molecule has 1 saturated carbocycles. The molecule has 1 aromatic heterocycles. The quantitative estimate of drug-likeness (QED) is 0.833. The molecular weight excluding hydrogens is 301 g/mol. The van der Waals surface area contributed by atoms with Crippen molar-refractivity contribution in [1.82, 2.24) is 5.32 Å². The molecule has 1 fully saturated rings. The molecule has 0 saturated heterocycles. The van der Waals surface area contributed by atoms with Crippen molar-refractivity contribution in [2.24, 2.45) is 5.92 Å². The van der Waals surface area contributed by atoms with Crippen molar-refractivity contribution in [2.75, 3.05) is 6.54 Å². The molecule has 1 N–H and O–H groups in total. The Balaban J connectivity index is 1.91. The van der Waals surface area contributed by atoms with Gasteiger partial charge in [-0.2, -0.15) is 0 Å². The zero-order valence-electron chi connectivity index (χ0n) is 9.01. The third-order valence-corrected chi connectivity index (χ3v) is 5.05. The fraction of sp³-hybridized carbons (Fsp3) is 0.545. The Bertz CT molecular complexity index is 421. The Hall–Kier alpha value is 0.0400. The minimum Gasteiger partial charge on any atom is -0.352 e. The first-order valence-corrected chi connectivity index (χ1v) is 7.46. The number of halogens is 3. The van der Waals surface area contributed by atoms with E-state index < -0.39 is 0 Å².